The van der Waals surface area contributed by atoms with Crippen LogP contribution in [0.2, 0.25) is 0 Å². The molecule has 0 saturated carbocycles. The highest BCUT2D eigenvalue weighted by atomic mass is 16.2. The maximum absolute atomic E-state index is 11.5. The third kappa shape index (κ3) is 8.63. The molecule has 1 unspecified atom stereocenters. The van der Waals surface area contributed by atoms with E-state index in [0.29, 0.717) is 45.1 Å². The summed E-state index contributed by atoms with van der Waals surface area (Å²) < 4.78 is 0. The minimum Gasteiger partial charge on any atom is -0.359 e. The molecular weight excluding hydrogens is 258 g/mol. The van der Waals surface area contributed by atoms with E-state index in [1.807, 2.05) is 6.92 Å². The lowest BCUT2D eigenvalue weighted by molar-refractivity contribution is -0.121. The second kappa shape index (κ2) is 9.47. The Labute approximate surface area is 120 Å². The molecule has 0 rings (SSSR count). The molecule has 6 nitrogen and oxygen atoms in total. The fraction of sp³-hybridized carbons (Fsp3) is 0.786. The standard InChI is InChI=1S/C14H27N3O3/c1-4-17-13(20)7-10-14(15,8-5-11(2)18)9-6-12(19)16-3/h4-10,15H2,1-3H3,(H,16,19)(H,17,20). The van der Waals surface area contributed by atoms with E-state index < -0.39 is 5.54 Å². The predicted octanol–water partition coefficient (Wildman–Crippen LogP) is 0.496. The van der Waals surface area contributed by atoms with Gasteiger partial charge in [0.05, 0.1) is 0 Å². The normalized spacial score (nSPS) is 13.4. The van der Waals surface area contributed by atoms with Gasteiger partial charge >= 0.3 is 0 Å². The summed E-state index contributed by atoms with van der Waals surface area (Å²) in [6.07, 6.45) is 2.44. The summed E-state index contributed by atoms with van der Waals surface area (Å²) in [7, 11) is 1.57. The molecule has 0 saturated heterocycles. The molecule has 20 heavy (non-hydrogen) atoms. The molecule has 6 heteroatoms. The minimum atomic E-state index is -0.650. The molecule has 0 aromatic carbocycles. The van der Waals surface area contributed by atoms with Gasteiger partial charge in [0, 0.05) is 38.4 Å². The van der Waals surface area contributed by atoms with Gasteiger partial charge in [0.25, 0.3) is 0 Å². The number of amides is 2. The molecule has 0 bridgehead atoms. The summed E-state index contributed by atoms with van der Waals surface area (Å²) in [6, 6.07) is 0. The van der Waals surface area contributed by atoms with Crippen LogP contribution >= 0.6 is 0 Å². The predicted molar refractivity (Wildman–Crippen MR) is 78.1 cm³/mol. The van der Waals surface area contributed by atoms with Crippen LogP contribution in [0.25, 0.3) is 0 Å². The molecule has 0 aromatic rings. The fourth-order valence-corrected chi connectivity index (χ4v) is 1.94. The van der Waals surface area contributed by atoms with Crippen LogP contribution in [-0.4, -0.2) is 36.7 Å². The number of ketones is 1. The first-order chi connectivity index (χ1) is 9.33. The number of nitrogens with two attached hydrogens (primary N) is 1. The van der Waals surface area contributed by atoms with Crippen molar-refractivity contribution in [2.75, 3.05) is 13.6 Å². The highest BCUT2D eigenvalue weighted by Crippen LogP contribution is 2.22. The van der Waals surface area contributed by atoms with Crippen LogP contribution in [0.5, 0.6) is 0 Å². The average molecular weight is 285 g/mol. The topological polar surface area (TPSA) is 101 Å². The molecule has 116 valence electrons. The fourth-order valence-electron chi connectivity index (χ4n) is 1.94. The zero-order chi connectivity index (χ0) is 15.6. The van der Waals surface area contributed by atoms with E-state index in [9.17, 15) is 14.4 Å². The SMILES string of the molecule is CCNC(=O)CCC(N)(CCC(C)=O)CCC(=O)NC. The Bertz CT molecular complexity index is 345. The van der Waals surface area contributed by atoms with Crippen molar-refractivity contribution in [3.8, 4) is 0 Å². The number of Topliss-reactive ketones (excluding diaryl/α,β-unsaturated/α-hetero) is 1. The summed E-state index contributed by atoms with van der Waals surface area (Å²) in [5.74, 6) is -0.0662. The van der Waals surface area contributed by atoms with Crippen LogP contribution in [0, 0.1) is 0 Å². The molecule has 0 aromatic heterocycles. The van der Waals surface area contributed by atoms with Crippen molar-refractivity contribution in [2.45, 2.75) is 57.9 Å². The van der Waals surface area contributed by atoms with Gasteiger partial charge in [0.1, 0.15) is 5.78 Å². The van der Waals surface area contributed by atoms with Gasteiger partial charge in [0.2, 0.25) is 11.8 Å². The van der Waals surface area contributed by atoms with E-state index >= 15 is 0 Å². The van der Waals surface area contributed by atoms with Crippen LogP contribution < -0.4 is 16.4 Å². The molecular formula is C14H27N3O3. The molecule has 0 fully saturated rings. The third-order valence-electron chi connectivity index (χ3n) is 3.33. The quantitative estimate of drug-likeness (QED) is 0.544. The molecule has 4 N–H and O–H groups in total. The second-order valence-corrected chi connectivity index (χ2v) is 5.19. The van der Waals surface area contributed by atoms with Crippen LogP contribution in [0.15, 0.2) is 0 Å². The van der Waals surface area contributed by atoms with Crippen molar-refractivity contribution in [2.24, 2.45) is 5.73 Å². The van der Waals surface area contributed by atoms with Crippen molar-refractivity contribution in [1.29, 1.82) is 0 Å². The van der Waals surface area contributed by atoms with Crippen LogP contribution in [-0.2, 0) is 14.4 Å². The van der Waals surface area contributed by atoms with E-state index in [2.05, 4.69) is 10.6 Å². The van der Waals surface area contributed by atoms with Crippen molar-refractivity contribution < 1.29 is 14.4 Å². The number of hydrogen-bond acceptors (Lipinski definition) is 4. The lowest BCUT2D eigenvalue weighted by atomic mass is 9.84. The zero-order valence-corrected chi connectivity index (χ0v) is 12.8. The Morgan fingerprint density at radius 1 is 1.00 bits per heavy atom. The van der Waals surface area contributed by atoms with Crippen LogP contribution in [0.1, 0.15) is 52.4 Å². The summed E-state index contributed by atoms with van der Waals surface area (Å²) in [5, 5.41) is 5.27. The van der Waals surface area contributed by atoms with Crippen molar-refractivity contribution in [3.05, 3.63) is 0 Å². The van der Waals surface area contributed by atoms with E-state index in [0.717, 1.165) is 0 Å². The zero-order valence-electron chi connectivity index (χ0n) is 12.8. The van der Waals surface area contributed by atoms with Gasteiger partial charge in [-0.05, 0) is 33.1 Å². The van der Waals surface area contributed by atoms with Crippen LogP contribution in [0.3, 0.4) is 0 Å². The number of rotatable bonds is 10. The molecule has 2 amide bonds. The Balaban J connectivity index is 4.47. The lowest BCUT2D eigenvalue weighted by Crippen LogP contribution is -2.42. The first-order valence-electron chi connectivity index (χ1n) is 7.08. The average Bonchev–Trinajstić information content (AvgIpc) is 2.41. The van der Waals surface area contributed by atoms with Crippen molar-refractivity contribution in [3.63, 3.8) is 0 Å². The van der Waals surface area contributed by atoms with Crippen molar-refractivity contribution >= 4 is 17.6 Å². The number of hydrogen-bond donors (Lipinski definition) is 3. The second-order valence-electron chi connectivity index (χ2n) is 5.19. The maximum atomic E-state index is 11.5. The van der Waals surface area contributed by atoms with Gasteiger partial charge in [-0.15, -0.1) is 0 Å². The molecule has 1 atom stereocenters. The van der Waals surface area contributed by atoms with Crippen molar-refractivity contribution in [1.82, 2.24) is 10.6 Å². The monoisotopic (exact) mass is 285 g/mol. The van der Waals surface area contributed by atoms with Gasteiger partial charge in [-0.2, -0.15) is 0 Å². The Morgan fingerprint density at radius 3 is 1.95 bits per heavy atom. The summed E-state index contributed by atoms with van der Waals surface area (Å²) in [5.41, 5.74) is 5.63. The Kier molecular flexibility index (Phi) is 8.79. The highest BCUT2D eigenvalue weighted by molar-refractivity contribution is 5.77. The molecule has 0 heterocycles. The van der Waals surface area contributed by atoms with E-state index in [-0.39, 0.29) is 17.6 Å². The highest BCUT2D eigenvalue weighted by Gasteiger charge is 2.26. The molecule has 0 aliphatic rings. The number of carbonyl (C=O) groups excluding carboxylic acids is 3. The summed E-state index contributed by atoms with van der Waals surface area (Å²) >= 11 is 0. The third-order valence-corrected chi connectivity index (χ3v) is 3.33. The largest absolute Gasteiger partial charge is 0.359 e. The van der Waals surface area contributed by atoms with E-state index in [1.54, 1.807) is 7.05 Å². The van der Waals surface area contributed by atoms with Gasteiger partial charge in [0.15, 0.2) is 0 Å². The van der Waals surface area contributed by atoms with Gasteiger partial charge < -0.3 is 21.2 Å². The summed E-state index contributed by atoms with van der Waals surface area (Å²) in [6.45, 7) is 3.96. The van der Waals surface area contributed by atoms with Crippen LogP contribution in [0.4, 0.5) is 0 Å². The smallest absolute Gasteiger partial charge is 0.220 e. The molecule has 0 aliphatic heterocycles. The number of nitrogens with one attached hydrogen (secondary N) is 2. The molecule has 0 radical (unpaired) electrons. The molecule has 0 aliphatic carbocycles. The maximum Gasteiger partial charge on any atom is 0.220 e. The van der Waals surface area contributed by atoms with E-state index in [4.69, 9.17) is 5.73 Å². The minimum absolute atomic E-state index is 0.0508. The first-order valence-corrected chi connectivity index (χ1v) is 7.08. The molecule has 0 spiro atoms. The first kappa shape index (κ1) is 18.6. The van der Waals surface area contributed by atoms with Gasteiger partial charge in [-0.3, -0.25) is 9.59 Å². The van der Waals surface area contributed by atoms with Gasteiger partial charge in [-0.1, -0.05) is 0 Å². The number of carbonyl (C=O) groups is 3. The lowest BCUT2D eigenvalue weighted by Gasteiger charge is -2.29. The summed E-state index contributed by atoms with van der Waals surface area (Å²) in [4.78, 5) is 33.9. The van der Waals surface area contributed by atoms with Gasteiger partial charge in [-0.25, -0.2) is 0 Å². The van der Waals surface area contributed by atoms with E-state index in [1.165, 1.54) is 6.92 Å². The Morgan fingerprint density at radius 2 is 1.50 bits per heavy atom. The Hall–Kier alpha value is -1.43.